The van der Waals surface area contributed by atoms with Gasteiger partial charge in [0, 0.05) is 11.6 Å². The molecule has 4 bridgehead atoms. The Kier molecular flexibility index (Phi) is 7.75. The number of thiocarbonyl (C=S) groups is 1. The van der Waals surface area contributed by atoms with Gasteiger partial charge >= 0.3 is 0 Å². The van der Waals surface area contributed by atoms with Crippen LogP contribution in [0.15, 0.2) is 12.1 Å². The average Bonchev–Trinajstić information content (AvgIpc) is 2.78. The minimum Gasteiger partial charge on any atom is -0.490 e. The number of benzene rings is 1. The largest absolute Gasteiger partial charge is 0.490 e. The summed E-state index contributed by atoms with van der Waals surface area (Å²) in [6.07, 6.45) is 8.15. The van der Waals surface area contributed by atoms with Crippen molar-refractivity contribution in [3.8, 4) is 17.2 Å². The molecule has 3 N–H and O–H groups in total. The number of amides is 1. The van der Waals surface area contributed by atoms with Gasteiger partial charge in [-0.1, -0.05) is 0 Å². The molecule has 4 saturated carbocycles. The van der Waals surface area contributed by atoms with Crippen molar-refractivity contribution in [3.05, 3.63) is 17.7 Å². The molecular formula is C26H39N3O4S. The lowest BCUT2D eigenvalue weighted by Gasteiger charge is -2.59. The first-order valence-electron chi connectivity index (χ1n) is 12.8. The molecule has 0 spiro atoms. The topological polar surface area (TPSA) is 80.9 Å². The van der Waals surface area contributed by atoms with Crippen molar-refractivity contribution in [2.24, 2.45) is 23.2 Å². The third-order valence-corrected chi connectivity index (χ3v) is 8.03. The van der Waals surface area contributed by atoms with Crippen LogP contribution in [0.2, 0.25) is 0 Å². The Morgan fingerprint density at radius 2 is 1.44 bits per heavy atom. The fourth-order valence-corrected chi connectivity index (χ4v) is 7.03. The van der Waals surface area contributed by atoms with Crippen LogP contribution in [0.5, 0.6) is 17.2 Å². The minimum absolute atomic E-state index is 0.275. The number of ether oxygens (including phenoxy) is 3. The number of hydrogen-bond acceptors (Lipinski definition) is 5. The highest BCUT2D eigenvalue weighted by Gasteiger charge is 2.53. The molecule has 1 aromatic rings. The number of hydrogen-bond donors (Lipinski definition) is 3. The van der Waals surface area contributed by atoms with Gasteiger partial charge in [0.25, 0.3) is 5.91 Å². The molecule has 4 aliphatic carbocycles. The first-order valence-corrected chi connectivity index (χ1v) is 13.2. The fourth-order valence-electron chi connectivity index (χ4n) is 6.80. The Labute approximate surface area is 208 Å². The van der Waals surface area contributed by atoms with Crippen molar-refractivity contribution in [1.29, 1.82) is 0 Å². The maximum Gasteiger partial charge on any atom is 0.269 e. The van der Waals surface area contributed by atoms with E-state index < -0.39 is 0 Å². The predicted octanol–water partition coefficient (Wildman–Crippen LogP) is 4.60. The van der Waals surface area contributed by atoms with Crippen LogP contribution in [0.3, 0.4) is 0 Å². The summed E-state index contributed by atoms with van der Waals surface area (Å²) in [5.41, 5.74) is 6.35. The van der Waals surface area contributed by atoms with Crippen LogP contribution in [0.1, 0.15) is 76.6 Å². The quantitative estimate of drug-likeness (QED) is 0.346. The number of nitrogens with one attached hydrogen (secondary N) is 3. The van der Waals surface area contributed by atoms with Gasteiger partial charge in [-0.25, -0.2) is 0 Å². The van der Waals surface area contributed by atoms with E-state index in [2.05, 4.69) is 23.1 Å². The molecule has 7 nitrogen and oxygen atoms in total. The minimum atomic E-state index is -0.323. The Morgan fingerprint density at radius 1 is 0.941 bits per heavy atom. The van der Waals surface area contributed by atoms with E-state index in [0.717, 1.165) is 17.8 Å². The number of hydrazine groups is 1. The normalized spacial score (nSPS) is 27.6. The summed E-state index contributed by atoms with van der Waals surface area (Å²) in [4.78, 5) is 12.9. The van der Waals surface area contributed by atoms with Gasteiger partial charge in [0.2, 0.25) is 5.75 Å². The van der Waals surface area contributed by atoms with Crippen LogP contribution >= 0.6 is 12.2 Å². The summed E-state index contributed by atoms with van der Waals surface area (Å²) >= 11 is 5.54. The second kappa shape index (κ2) is 10.6. The van der Waals surface area contributed by atoms with Crippen LogP contribution in [0.25, 0.3) is 0 Å². The van der Waals surface area contributed by atoms with Crippen molar-refractivity contribution in [3.63, 3.8) is 0 Å². The smallest absolute Gasteiger partial charge is 0.269 e. The molecule has 0 aliphatic heterocycles. The van der Waals surface area contributed by atoms with Crippen LogP contribution in [-0.2, 0) is 0 Å². The highest BCUT2D eigenvalue weighted by Crippen LogP contribution is 2.61. The molecule has 4 aliphatic rings. The summed E-state index contributed by atoms with van der Waals surface area (Å²) in [7, 11) is 0. The molecule has 8 heteroatoms. The summed E-state index contributed by atoms with van der Waals surface area (Å²) in [6.45, 7) is 9.29. The highest BCUT2D eigenvalue weighted by molar-refractivity contribution is 7.80. The molecule has 0 unspecified atom stereocenters. The lowest BCUT2D eigenvalue weighted by molar-refractivity contribution is -0.0672. The molecule has 4 fully saturated rings. The number of carbonyl (C=O) groups is 1. The molecule has 34 heavy (non-hydrogen) atoms. The number of rotatable bonds is 9. The van der Waals surface area contributed by atoms with Gasteiger partial charge in [0.1, 0.15) is 0 Å². The second-order valence-electron chi connectivity index (χ2n) is 10.2. The van der Waals surface area contributed by atoms with Gasteiger partial charge in [0.15, 0.2) is 16.6 Å². The third-order valence-electron chi connectivity index (χ3n) is 7.81. The van der Waals surface area contributed by atoms with Gasteiger partial charge in [-0.15, -0.1) is 0 Å². The fraction of sp³-hybridized carbons (Fsp3) is 0.692. The standard InChI is InChI=1S/C26H39N3O4S/c1-5-31-21-11-20(12-22(32-6-2)23(21)33-7-3)24(30)28-29-25(34)27-16(4)26-13-17-8-18(14-26)10-19(9-17)15-26/h11-12,16-19H,5-10,13-15H2,1-4H3,(H,28,30)(H2,27,29,34)/t16-,17?,18?,19?,26?/m0/s1. The Morgan fingerprint density at radius 3 is 1.91 bits per heavy atom. The van der Waals surface area contributed by atoms with Gasteiger partial charge in [-0.05, 0) is 114 Å². The second-order valence-corrected chi connectivity index (χ2v) is 10.6. The van der Waals surface area contributed by atoms with E-state index in [1.54, 1.807) is 12.1 Å². The number of carbonyl (C=O) groups excluding carboxylic acids is 1. The molecule has 188 valence electrons. The molecule has 5 rings (SSSR count). The van der Waals surface area contributed by atoms with Crippen molar-refractivity contribution >= 4 is 23.2 Å². The lowest BCUT2D eigenvalue weighted by atomic mass is 9.48. The first-order chi connectivity index (χ1) is 16.4. The predicted molar refractivity (Wildman–Crippen MR) is 136 cm³/mol. The van der Waals surface area contributed by atoms with E-state index in [4.69, 9.17) is 26.4 Å². The lowest BCUT2D eigenvalue weighted by Crippen LogP contribution is -2.58. The Balaban J connectivity index is 1.38. The zero-order chi connectivity index (χ0) is 24.3. The molecule has 1 amide bonds. The van der Waals surface area contributed by atoms with E-state index >= 15 is 0 Å². The Hall–Kier alpha value is -2.22. The summed E-state index contributed by atoms with van der Waals surface area (Å²) < 4.78 is 17.2. The van der Waals surface area contributed by atoms with E-state index in [-0.39, 0.29) is 11.9 Å². The van der Waals surface area contributed by atoms with Crippen molar-refractivity contribution in [2.45, 2.75) is 72.3 Å². The Bertz CT molecular complexity index is 844. The van der Waals surface area contributed by atoms with Crippen LogP contribution in [0.4, 0.5) is 0 Å². The van der Waals surface area contributed by atoms with E-state index in [1.807, 2.05) is 20.8 Å². The SMILES string of the molecule is CCOc1cc(C(=O)NNC(=S)N[C@@H](C)C23CC4CC(CC(C4)C2)C3)cc(OCC)c1OCC. The van der Waals surface area contributed by atoms with Crippen LogP contribution in [-0.4, -0.2) is 36.9 Å². The van der Waals surface area contributed by atoms with Gasteiger partial charge in [0.05, 0.1) is 19.8 Å². The van der Waals surface area contributed by atoms with Crippen molar-refractivity contribution < 1.29 is 19.0 Å². The highest BCUT2D eigenvalue weighted by atomic mass is 32.1. The maximum absolute atomic E-state index is 12.9. The zero-order valence-electron chi connectivity index (χ0n) is 20.9. The van der Waals surface area contributed by atoms with Crippen LogP contribution < -0.4 is 30.4 Å². The van der Waals surface area contributed by atoms with Crippen molar-refractivity contribution in [1.82, 2.24) is 16.2 Å². The molecule has 1 aromatic carbocycles. The zero-order valence-corrected chi connectivity index (χ0v) is 21.7. The van der Waals surface area contributed by atoms with Crippen LogP contribution in [0, 0.1) is 23.2 Å². The molecular weight excluding hydrogens is 450 g/mol. The molecule has 0 radical (unpaired) electrons. The molecule has 1 atom stereocenters. The average molecular weight is 490 g/mol. The van der Waals surface area contributed by atoms with E-state index in [9.17, 15) is 4.79 Å². The van der Waals surface area contributed by atoms with Gasteiger partial charge in [-0.2, -0.15) is 0 Å². The van der Waals surface area contributed by atoms with Gasteiger partial charge in [-0.3, -0.25) is 15.6 Å². The summed E-state index contributed by atoms with van der Waals surface area (Å²) in [6, 6.07) is 3.61. The third kappa shape index (κ3) is 5.21. The van der Waals surface area contributed by atoms with Gasteiger partial charge < -0.3 is 19.5 Å². The summed E-state index contributed by atoms with van der Waals surface area (Å²) in [5.74, 6) is 3.81. The van der Waals surface area contributed by atoms with E-state index in [1.165, 1.54) is 38.5 Å². The van der Waals surface area contributed by atoms with E-state index in [0.29, 0.717) is 53.2 Å². The first kappa shape index (κ1) is 24.9. The monoisotopic (exact) mass is 489 g/mol. The molecule has 0 saturated heterocycles. The summed E-state index contributed by atoms with van der Waals surface area (Å²) in [5, 5.41) is 3.91. The maximum atomic E-state index is 12.9. The van der Waals surface area contributed by atoms with Crippen molar-refractivity contribution in [2.75, 3.05) is 19.8 Å². The molecule has 0 aromatic heterocycles. The molecule has 0 heterocycles.